The maximum Gasteiger partial charge on any atom is 0.252 e. The molecule has 0 radical (unpaired) electrons. The summed E-state index contributed by atoms with van der Waals surface area (Å²) in [6.45, 7) is 2.71. The van der Waals surface area contributed by atoms with E-state index in [0.717, 1.165) is 24.6 Å². The standard InChI is InChI=1S/C14H18BrClFNO/c1-2-4-10(7-8-15)9-18-14(19)11-5-3-6-12(17)13(11)16/h3,5-6,10H,2,4,7-9H2,1H3,(H,18,19). The molecule has 1 unspecified atom stereocenters. The Balaban J connectivity index is 2.61. The molecular weight excluding hydrogens is 333 g/mol. The molecule has 0 heterocycles. The third-order valence-corrected chi connectivity index (χ3v) is 3.80. The van der Waals surface area contributed by atoms with Gasteiger partial charge in [-0.2, -0.15) is 0 Å². The Bertz CT molecular complexity index is 422. The van der Waals surface area contributed by atoms with Gasteiger partial charge >= 0.3 is 0 Å². The number of benzene rings is 1. The van der Waals surface area contributed by atoms with Crippen LogP contribution in [0.25, 0.3) is 0 Å². The normalized spacial score (nSPS) is 12.2. The molecule has 1 atom stereocenters. The highest BCUT2D eigenvalue weighted by Crippen LogP contribution is 2.19. The van der Waals surface area contributed by atoms with Gasteiger partial charge < -0.3 is 5.32 Å². The van der Waals surface area contributed by atoms with E-state index in [1.54, 1.807) is 0 Å². The summed E-state index contributed by atoms with van der Waals surface area (Å²) in [5, 5.41) is 3.62. The summed E-state index contributed by atoms with van der Waals surface area (Å²) >= 11 is 9.19. The Hall–Kier alpha value is -0.610. The van der Waals surface area contributed by atoms with Crippen LogP contribution in [0.2, 0.25) is 5.02 Å². The quantitative estimate of drug-likeness (QED) is 0.725. The smallest absolute Gasteiger partial charge is 0.252 e. The molecule has 1 aromatic rings. The van der Waals surface area contributed by atoms with Crippen LogP contribution in [0.4, 0.5) is 4.39 Å². The minimum atomic E-state index is -0.570. The van der Waals surface area contributed by atoms with Crippen molar-refractivity contribution in [3.05, 3.63) is 34.6 Å². The van der Waals surface area contributed by atoms with Crippen LogP contribution in [0, 0.1) is 11.7 Å². The monoisotopic (exact) mass is 349 g/mol. The van der Waals surface area contributed by atoms with Gasteiger partial charge in [-0.3, -0.25) is 4.79 Å². The molecule has 0 aromatic heterocycles. The molecule has 1 aromatic carbocycles. The number of halogens is 3. The van der Waals surface area contributed by atoms with Gasteiger partial charge in [0, 0.05) is 11.9 Å². The third kappa shape index (κ3) is 5.11. The first-order valence-corrected chi connectivity index (χ1v) is 7.88. The van der Waals surface area contributed by atoms with Crippen LogP contribution in [-0.4, -0.2) is 17.8 Å². The summed E-state index contributed by atoms with van der Waals surface area (Å²) in [4.78, 5) is 12.0. The molecule has 2 nitrogen and oxygen atoms in total. The van der Waals surface area contributed by atoms with Crippen LogP contribution >= 0.6 is 27.5 Å². The van der Waals surface area contributed by atoms with Crippen molar-refractivity contribution in [1.29, 1.82) is 0 Å². The predicted octanol–water partition coefficient (Wildman–Crippen LogP) is 4.41. The van der Waals surface area contributed by atoms with Gasteiger partial charge in [0.05, 0.1) is 10.6 Å². The first-order chi connectivity index (χ1) is 9.10. The Morgan fingerprint density at radius 3 is 2.84 bits per heavy atom. The zero-order valence-electron chi connectivity index (χ0n) is 10.9. The van der Waals surface area contributed by atoms with Crippen molar-refractivity contribution in [2.24, 2.45) is 5.92 Å². The Labute approximate surface area is 126 Å². The number of rotatable bonds is 7. The fourth-order valence-electron chi connectivity index (χ4n) is 1.92. The van der Waals surface area contributed by atoms with Gasteiger partial charge in [-0.25, -0.2) is 4.39 Å². The average Bonchev–Trinajstić information content (AvgIpc) is 2.39. The van der Waals surface area contributed by atoms with Crippen LogP contribution in [0.3, 0.4) is 0 Å². The lowest BCUT2D eigenvalue weighted by atomic mass is 10.0. The second-order valence-corrected chi connectivity index (χ2v) is 5.61. The van der Waals surface area contributed by atoms with Crippen molar-refractivity contribution in [1.82, 2.24) is 5.32 Å². The highest BCUT2D eigenvalue weighted by molar-refractivity contribution is 9.09. The molecule has 1 N–H and O–H groups in total. The van der Waals surface area contributed by atoms with Gasteiger partial charge in [-0.15, -0.1) is 0 Å². The van der Waals surface area contributed by atoms with Gasteiger partial charge in [0.2, 0.25) is 0 Å². The largest absolute Gasteiger partial charge is 0.352 e. The van der Waals surface area contributed by atoms with E-state index in [4.69, 9.17) is 11.6 Å². The van der Waals surface area contributed by atoms with Gasteiger partial charge in [0.25, 0.3) is 5.91 Å². The minimum Gasteiger partial charge on any atom is -0.352 e. The zero-order valence-corrected chi connectivity index (χ0v) is 13.2. The van der Waals surface area contributed by atoms with Crippen molar-refractivity contribution in [2.75, 3.05) is 11.9 Å². The van der Waals surface area contributed by atoms with E-state index in [2.05, 4.69) is 28.2 Å². The number of carbonyl (C=O) groups is 1. The maximum atomic E-state index is 13.3. The molecule has 5 heteroatoms. The SMILES string of the molecule is CCCC(CCBr)CNC(=O)c1cccc(F)c1Cl. The topological polar surface area (TPSA) is 29.1 Å². The number of nitrogens with one attached hydrogen (secondary N) is 1. The lowest BCUT2D eigenvalue weighted by Crippen LogP contribution is -2.29. The Morgan fingerprint density at radius 1 is 1.47 bits per heavy atom. The van der Waals surface area contributed by atoms with E-state index < -0.39 is 5.82 Å². The zero-order chi connectivity index (χ0) is 14.3. The number of alkyl halides is 1. The highest BCUT2D eigenvalue weighted by atomic mass is 79.9. The van der Waals surface area contributed by atoms with E-state index in [-0.39, 0.29) is 16.5 Å². The van der Waals surface area contributed by atoms with E-state index in [1.807, 2.05) is 0 Å². The fraction of sp³-hybridized carbons (Fsp3) is 0.500. The molecule has 0 saturated heterocycles. The van der Waals surface area contributed by atoms with Crippen molar-refractivity contribution in [3.8, 4) is 0 Å². The van der Waals surface area contributed by atoms with Crippen LogP contribution in [0.15, 0.2) is 18.2 Å². The summed E-state index contributed by atoms with van der Waals surface area (Å²) in [5.41, 5.74) is 0.191. The summed E-state index contributed by atoms with van der Waals surface area (Å²) in [5.74, 6) is -0.458. The average molecular weight is 351 g/mol. The van der Waals surface area contributed by atoms with Crippen molar-refractivity contribution < 1.29 is 9.18 Å². The molecule has 0 aliphatic carbocycles. The van der Waals surface area contributed by atoms with Gasteiger partial charge in [-0.05, 0) is 30.9 Å². The van der Waals surface area contributed by atoms with Gasteiger partial charge in [-0.1, -0.05) is 46.9 Å². The van der Waals surface area contributed by atoms with Crippen LogP contribution < -0.4 is 5.32 Å². The molecule has 1 amide bonds. The molecule has 0 fully saturated rings. The number of hydrogen-bond donors (Lipinski definition) is 1. The number of carbonyl (C=O) groups excluding carboxylic acids is 1. The molecule has 19 heavy (non-hydrogen) atoms. The number of amides is 1. The summed E-state index contributed by atoms with van der Waals surface area (Å²) in [6, 6.07) is 4.25. The second kappa shape index (κ2) is 8.54. The van der Waals surface area contributed by atoms with Crippen LogP contribution in [0.5, 0.6) is 0 Å². The molecular formula is C14H18BrClFNO. The molecule has 0 aliphatic rings. The van der Waals surface area contributed by atoms with E-state index in [0.29, 0.717) is 12.5 Å². The lowest BCUT2D eigenvalue weighted by molar-refractivity contribution is 0.0945. The van der Waals surface area contributed by atoms with Crippen molar-refractivity contribution >= 4 is 33.4 Å². The maximum absolute atomic E-state index is 13.3. The summed E-state index contributed by atoms with van der Waals surface area (Å²) < 4.78 is 13.3. The van der Waals surface area contributed by atoms with Gasteiger partial charge in [0.15, 0.2) is 0 Å². The van der Waals surface area contributed by atoms with E-state index >= 15 is 0 Å². The number of hydrogen-bond acceptors (Lipinski definition) is 1. The third-order valence-electron chi connectivity index (χ3n) is 2.96. The van der Waals surface area contributed by atoms with Crippen LogP contribution in [0.1, 0.15) is 36.5 Å². The van der Waals surface area contributed by atoms with E-state index in [9.17, 15) is 9.18 Å². The molecule has 0 spiro atoms. The van der Waals surface area contributed by atoms with Crippen molar-refractivity contribution in [2.45, 2.75) is 26.2 Å². The predicted molar refractivity (Wildman–Crippen MR) is 80.6 cm³/mol. The lowest BCUT2D eigenvalue weighted by Gasteiger charge is -2.16. The van der Waals surface area contributed by atoms with E-state index in [1.165, 1.54) is 18.2 Å². The molecule has 0 bridgehead atoms. The Kier molecular flexibility index (Phi) is 7.39. The minimum absolute atomic E-state index is 0.118. The highest BCUT2D eigenvalue weighted by Gasteiger charge is 2.15. The fourth-order valence-corrected chi connectivity index (χ4v) is 2.78. The summed E-state index contributed by atoms with van der Waals surface area (Å²) in [6.07, 6.45) is 3.14. The molecule has 1 rings (SSSR count). The van der Waals surface area contributed by atoms with Crippen molar-refractivity contribution in [3.63, 3.8) is 0 Å². The van der Waals surface area contributed by atoms with Gasteiger partial charge in [0.1, 0.15) is 5.82 Å². The van der Waals surface area contributed by atoms with Crippen LogP contribution in [-0.2, 0) is 0 Å². The second-order valence-electron chi connectivity index (χ2n) is 4.44. The molecule has 106 valence electrons. The molecule has 0 saturated carbocycles. The first-order valence-electron chi connectivity index (χ1n) is 6.38. The Morgan fingerprint density at radius 2 is 2.21 bits per heavy atom. The summed E-state index contributed by atoms with van der Waals surface area (Å²) in [7, 11) is 0. The first kappa shape index (κ1) is 16.4. The molecule has 0 aliphatic heterocycles.